The fraction of sp³-hybridized carbons (Fsp3) is 0.857. The molecule has 0 saturated heterocycles. The number of aliphatic carboxylic acids is 1. The van der Waals surface area contributed by atoms with E-state index in [1.54, 1.807) is 13.8 Å². The normalized spacial score (nSPS) is 40.2. The molecule has 0 bridgehead atoms. The molecule has 1 aliphatic carbocycles. The van der Waals surface area contributed by atoms with Crippen LogP contribution < -0.4 is 5.73 Å². The van der Waals surface area contributed by atoms with E-state index in [9.17, 15) is 4.79 Å². The Balaban J connectivity index is 2.86. The summed E-state index contributed by atoms with van der Waals surface area (Å²) >= 11 is 0. The number of hydrogen-bond donors (Lipinski definition) is 3. The zero-order chi connectivity index (χ0) is 8.86. The van der Waals surface area contributed by atoms with Gasteiger partial charge in [-0.3, -0.25) is 4.79 Å². The molecule has 0 unspecified atom stereocenters. The molecule has 2 atom stereocenters. The SMILES string of the molecule is CC1(C)[C@H](CO)[C@]1(N)C(=O)O. The van der Waals surface area contributed by atoms with Crippen molar-refractivity contribution in [2.45, 2.75) is 19.4 Å². The summed E-state index contributed by atoms with van der Waals surface area (Å²) in [5.41, 5.74) is 3.86. The molecule has 0 aromatic rings. The van der Waals surface area contributed by atoms with E-state index >= 15 is 0 Å². The first-order chi connectivity index (χ1) is 4.89. The zero-order valence-electron chi connectivity index (χ0n) is 6.66. The number of nitrogens with two attached hydrogens (primary N) is 1. The molecule has 1 saturated carbocycles. The highest BCUT2D eigenvalue weighted by Gasteiger charge is 2.73. The van der Waals surface area contributed by atoms with Gasteiger partial charge >= 0.3 is 5.97 Å². The van der Waals surface area contributed by atoms with Crippen molar-refractivity contribution in [3.8, 4) is 0 Å². The second-order valence-electron chi connectivity index (χ2n) is 3.63. The van der Waals surface area contributed by atoms with Gasteiger partial charge < -0.3 is 15.9 Å². The van der Waals surface area contributed by atoms with E-state index in [0.717, 1.165) is 0 Å². The van der Waals surface area contributed by atoms with Gasteiger partial charge in [0.05, 0.1) is 0 Å². The van der Waals surface area contributed by atoms with Crippen molar-refractivity contribution in [2.75, 3.05) is 6.61 Å². The van der Waals surface area contributed by atoms with E-state index in [0.29, 0.717) is 0 Å². The van der Waals surface area contributed by atoms with E-state index in [4.69, 9.17) is 15.9 Å². The number of aliphatic hydroxyl groups excluding tert-OH is 1. The van der Waals surface area contributed by atoms with Gasteiger partial charge in [-0.25, -0.2) is 0 Å². The van der Waals surface area contributed by atoms with Crippen LogP contribution in [0.4, 0.5) is 0 Å². The first-order valence-corrected chi connectivity index (χ1v) is 3.52. The van der Waals surface area contributed by atoms with E-state index < -0.39 is 16.9 Å². The van der Waals surface area contributed by atoms with Gasteiger partial charge in [0, 0.05) is 17.9 Å². The lowest BCUT2D eigenvalue weighted by Crippen LogP contribution is -2.39. The highest BCUT2D eigenvalue weighted by molar-refractivity contribution is 5.85. The maximum absolute atomic E-state index is 10.6. The fourth-order valence-corrected chi connectivity index (χ4v) is 1.70. The van der Waals surface area contributed by atoms with Crippen LogP contribution in [-0.4, -0.2) is 28.3 Å². The van der Waals surface area contributed by atoms with Crippen molar-refractivity contribution in [1.29, 1.82) is 0 Å². The van der Waals surface area contributed by atoms with Crippen LogP contribution in [-0.2, 0) is 4.79 Å². The minimum absolute atomic E-state index is 0.157. The monoisotopic (exact) mass is 159 g/mol. The van der Waals surface area contributed by atoms with Crippen molar-refractivity contribution in [3.63, 3.8) is 0 Å². The molecular weight excluding hydrogens is 146 g/mol. The number of carboxylic acids is 1. The molecule has 4 nitrogen and oxygen atoms in total. The first-order valence-electron chi connectivity index (χ1n) is 3.52. The van der Waals surface area contributed by atoms with Gasteiger partial charge in [-0.1, -0.05) is 13.8 Å². The Bertz CT molecular complexity index is 202. The molecule has 0 radical (unpaired) electrons. The van der Waals surface area contributed by atoms with Crippen LogP contribution in [0.3, 0.4) is 0 Å². The Morgan fingerprint density at radius 1 is 1.64 bits per heavy atom. The smallest absolute Gasteiger partial charge is 0.324 e. The van der Waals surface area contributed by atoms with Crippen LogP contribution in [0.15, 0.2) is 0 Å². The third kappa shape index (κ3) is 0.736. The van der Waals surface area contributed by atoms with E-state index in [-0.39, 0.29) is 12.5 Å². The lowest BCUT2D eigenvalue weighted by atomic mass is 10.1. The average Bonchev–Trinajstić information content (AvgIpc) is 2.29. The maximum atomic E-state index is 10.6. The zero-order valence-corrected chi connectivity index (χ0v) is 6.66. The van der Waals surface area contributed by atoms with Crippen molar-refractivity contribution >= 4 is 5.97 Å². The molecule has 11 heavy (non-hydrogen) atoms. The van der Waals surface area contributed by atoms with Crippen LogP contribution in [0, 0.1) is 11.3 Å². The molecule has 1 rings (SSSR count). The molecule has 0 aromatic heterocycles. The minimum atomic E-state index is -1.22. The number of aliphatic hydroxyl groups is 1. The molecule has 0 aliphatic heterocycles. The van der Waals surface area contributed by atoms with Crippen molar-refractivity contribution < 1.29 is 15.0 Å². The molecule has 0 spiro atoms. The summed E-state index contributed by atoms with van der Waals surface area (Å²) in [5, 5.41) is 17.5. The summed E-state index contributed by atoms with van der Waals surface area (Å²) in [7, 11) is 0. The topological polar surface area (TPSA) is 83.5 Å². The number of hydrogen-bond acceptors (Lipinski definition) is 3. The molecule has 0 amide bonds. The van der Waals surface area contributed by atoms with Gasteiger partial charge in [0.25, 0.3) is 0 Å². The highest BCUT2D eigenvalue weighted by atomic mass is 16.4. The molecule has 4 heteroatoms. The summed E-state index contributed by atoms with van der Waals surface area (Å²) in [6.07, 6.45) is 0. The van der Waals surface area contributed by atoms with Crippen LogP contribution >= 0.6 is 0 Å². The second kappa shape index (κ2) is 1.95. The lowest BCUT2D eigenvalue weighted by Gasteiger charge is -2.06. The molecule has 64 valence electrons. The van der Waals surface area contributed by atoms with Gasteiger partial charge in [-0.05, 0) is 0 Å². The standard InChI is InChI=1S/C7H13NO3/c1-6(2)4(3-9)7(6,8)5(10)11/h4,9H,3,8H2,1-2H3,(H,10,11)/t4-,7-/m0/s1. The first kappa shape index (κ1) is 8.49. The van der Waals surface area contributed by atoms with Gasteiger partial charge in [-0.2, -0.15) is 0 Å². The van der Waals surface area contributed by atoms with Crippen LogP contribution in [0.2, 0.25) is 0 Å². The predicted octanol–water partition coefficient (Wildman–Crippen LogP) is -0.583. The molecule has 4 N–H and O–H groups in total. The summed E-state index contributed by atoms with van der Waals surface area (Å²) in [4.78, 5) is 10.6. The van der Waals surface area contributed by atoms with E-state index in [2.05, 4.69) is 0 Å². The van der Waals surface area contributed by atoms with Gasteiger partial charge in [0.15, 0.2) is 0 Å². The Morgan fingerprint density at radius 3 is 2.18 bits per heavy atom. The highest BCUT2D eigenvalue weighted by Crippen LogP contribution is 2.59. The van der Waals surface area contributed by atoms with Crippen molar-refractivity contribution in [2.24, 2.45) is 17.1 Å². The second-order valence-corrected chi connectivity index (χ2v) is 3.63. The molecular formula is C7H13NO3. The fourth-order valence-electron chi connectivity index (χ4n) is 1.70. The molecule has 0 aromatic carbocycles. The predicted molar refractivity (Wildman–Crippen MR) is 38.9 cm³/mol. The molecule has 1 aliphatic rings. The van der Waals surface area contributed by atoms with Crippen molar-refractivity contribution in [3.05, 3.63) is 0 Å². The Labute approximate surface area is 65.0 Å². The van der Waals surface area contributed by atoms with Gasteiger partial charge in [0.1, 0.15) is 5.54 Å². The maximum Gasteiger partial charge on any atom is 0.324 e. The van der Waals surface area contributed by atoms with Crippen LogP contribution in [0.1, 0.15) is 13.8 Å². The molecule has 1 fully saturated rings. The lowest BCUT2D eigenvalue weighted by molar-refractivity contribution is -0.141. The largest absolute Gasteiger partial charge is 0.480 e. The Morgan fingerprint density at radius 2 is 2.09 bits per heavy atom. The third-order valence-corrected chi connectivity index (χ3v) is 2.94. The summed E-state index contributed by atoms with van der Waals surface area (Å²) in [5.74, 6) is -1.34. The average molecular weight is 159 g/mol. The van der Waals surface area contributed by atoms with E-state index in [1.807, 2.05) is 0 Å². The molecule has 0 heterocycles. The van der Waals surface area contributed by atoms with Crippen LogP contribution in [0.5, 0.6) is 0 Å². The summed E-state index contributed by atoms with van der Waals surface area (Å²) < 4.78 is 0. The Hall–Kier alpha value is -0.610. The third-order valence-electron chi connectivity index (χ3n) is 2.94. The quantitative estimate of drug-likeness (QED) is 0.503. The number of carboxylic acid groups (broad SMARTS) is 1. The van der Waals surface area contributed by atoms with Gasteiger partial charge in [0.2, 0.25) is 0 Å². The summed E-state index contributed by atoms with van der Waals surface area (Å²) in [6.45, 7) is 3.35. The van der Waals surface area contributed by atoms with Gasteiger partial charge in [-0.15, -0.1) is 0 Å². The Kier molecular flexibility index (Phi) is 1.51. The number of carbonyl (C=O) groups is 1. The van der Waals surface area contributed by atoms with Crippen molar-refractivity contribution in [1.82, 2.24) is 0 Å². The minimum Gasteiger partial charge on any atom is -0.480 e. The summed E-state index contributed by atoms with van der Waals surface area (Å²) in [6, 6.07) is 0. The number of rotatable bonds is 2. The van der Waals surface area contributed by atoms with E-state index in [1.165, 1.54) is 0 Å². The van der Waals surface area contributed by atoms with Crippen LogP contribution in [0.25, 0.3) is 0 Å².